The fourth-order valence-corrected chi connectivity index (χ4v) is 1.91. The summed E-state index contributed by atoms with van der Waals surface area (Å²) in [4.78, 5) is 22.5. The van der Waals surface area contributed by atoms with Gasteiger partial charge in [0.1, 0.15) is 0 Å². The van der Waals surface area contributed by atoms with Gasteiger partial charge in [0.15, 0.2) is 0 Å². The molecule has 0 aromatic heterocycles. The van der Waals surface area contributed by atoms with Crippen LogP contribution in [0, 0.1) is 0 Å². The van der Waals surface area contributed by atoms with E-state index in [4.69, 9.17) is 5.11 Å². The third kappa shape index (κ3) is 5.85. The first-order valence-electron chi connectivity index (χ1n) is 7.12. The molecule has 116 valence electrons. The zero-order chi connectivity index (χ0) is 16.0. The highest BCUT2D eigenvalue weighted by atomic mass is 16.4. The van der Waals surface area contributed by atoms with Crippen molar-refractivity contribution in [2.45, 2.75) is 52.0 Å². The van der Waals surface area contributed by atoms with Gasteiger partial charge in [-0.05, 0) is 29.5 Å². The lowest BCUT2D eigenvalue weighted by molar-refractivity contribution is -0.137. The summed E-state index contributed by atoms with van der Waals surface area (Å²) in [6.45, 7) is 8.21. The maximum Gasteiger partial charge on any atom is 0.319 e. The van der Waals surface area contributed by atoms with Gasteiger partial charge < -0.3 is 15.7 Å². The van der Waals surface area contributed by atoms with Gasteiger partial charge in [0.05, 0.1) is 6.42 Å². The number of nitrogens with one attached hydrogen (secondary N) is 2. The van der Waals surface area contributed by atoms with Gasteiger partial charge in [-0.25, -0.2) is 4.79 Å². The summed E-state index contributed by atoms with van der Waals surface area (Å²) >= 11 is 0. The number of hydrogen-bond donors (Lipinski definition) is 3. The Morgan fingerprint density at radius 1 is 1.19 bits per heavy atom. The van der Waals surface area contributed by atoms with E-state index < -0.39 is 5.97 Å². The molecule has 1 rings (SSSR count). The summed E-state index contributed by atoms with van der Waals surface area (Å²) in [5, 5.41) is 14.1. The predicted octanol–water partition coefficient (Wildman–Crippen LogP) is 3.36. The van der Waals surface area contributed by atoms with Crippen LogP contribution < -0.4 is 10.6 Å². The van der Waals surface area contributed by atoms with Gasteiger partial charge in [-0.2, -0.15) is 0 Å². The number of carboxylic acids is 1. The maximum atomic E-state index is 11.8. The number of anilines is 1. The van der Waals surface area contributed by atoms with Crippen molar-refractivity contribution in [2.75, 3.05) is 5.32 Å². The van der Waals surface area contributed by atoms with Crippen LogP contribution in [0.25, 0.3) is 0 Å². The lowest BCUT2D eigenvalue weighted by Crippen LogP contribution is -2.38. The minimum atomic E-state index is -0.920. The largest absolute Gasteiger partial charge is 0.481 e. The quantitative estimate of drug-likeness (QED) is 0.778. The molecule has 1 unspecified atom stereocenters. The zero-order valence-electron chi connectivity index (χ0n) is 13.1. The summed E-state index contributed by atoms with van der Waals surface area (Å²) in [6, 6.07) is 6.90. The molecule has 3 N–H and O–H groups in total. The van der Waals surface area contributed by atoms with Crippen LogP contribution >= 0.6 is 0 Å². The fourth-order valence-electron chi connectivity index (χ4n) is 1.91. The third-order valence-corrected chi connectivity index (χ3v) is 3.26. The molecule has 0 fully saturated rings. The molecular weight excluding hydrogens is 268 g/mol. The Hall–Kier alpha value is -2.04. The van der Waals surface area contributed by atoms with Gasteiger partial charge in [-0.1, -0.05) is 39.8 Å². The summed E-state index contributed by atoms with van der Waals surface area (Å²) in [5.41, 5.74) is 1.94. The van der Waals surface area contributed by atoms with Crippen LogP contribution in [0.3, 0.4) is 0 Å². The molecule has 1 atom stereocenters. The SMILES string of the molecule is CCC(CC(=O)O)NC(=O)Nc1ccc(C(C)(C)C)cc1. The summed E-state index contributed by atoms with van der Waals surface area (Å²) in [6.07, 6.45) is 0.496. The number of rotatable bonds is 5. The van der Waals surface area contributed by atoms with E-state index in [1.807, 2.05) is 31.2 Å². The van der Waals surface area contributed by atoms with E-state index in [-0.39, 0.29) is 23.9 Å². The van der Waals surface area contributed by atoms with Crippen molar-refractivity contribution in [3.8, 4) is 0 Å². The lowest BCUT2D eigenvalue weighted by Gasteiger charge is -2.19. The number of carbonyl (C=O) groups excluding carboxylic acids is 1. The van der Waals surface area contributed by atoms with E-state index in [1.165, 1.54) is 5.56 Å². The molecule has 5 heteroatoms. The first-order valence-corrected chi connectivity index (χ1v) is 7.12. The van der Waals surface area contributed by atoms with Crippen LogP contribution in [0.5, 0.6) is 0 Å². The van der Waals surface area contributed by atoms with Gasteiger partial charge >= 0.3 is 12.0 Å². The molecule has 0 aliphatic carbocycles. The molecule has 0 aliphatic rings. The summed E-state index contributed by atoms with van der Waals surface area (Å²) in [7, 11) is 0. The molecule has 0 saturated carbocycles. The van der Waals surface area contributed by atoms with Gasteiger partial charge in [0.2, 0.25) is 0 Å². The van der Waals surface area contributed by atoms with Gasteiger partial charge in [-0.3, -0.25) is 4.79 Å². The van der Waals surface area contributed by atoms with Crippen molar-refractivity contribution in [1.29, 1.82) is 0 Å². The number of urea groups is 1. The molecule has 1 aromatic rings. The minimum absolute atomic E-state index is 0.0651. The predicted molar refractivity (Wildman–Crippen MR) is 83.6 cm³/mol. The van der Waals surface area contributed by atoms with Gasteiger partial charge in [0.25, 0.3) is 0 Å². The van der Waals surface area contributed by atoms with E-state index in [9.17, 15) is 9.59 Å². The van der Waals surface area contributed by atoms with Gasteiger partial charge in [-0.15, -0.1) is 0 Å². The highest BCUT2D eigenvalue weighted by Crippen LogP contribution is 2.23. The molecule has 1 aromatic carbocycles. The van der Waals surface area contributed by atoms with Gasteiger partial charge in [0, 0.05) is 11.7 Å². The van der Waals surface area contributed by atoms with E-state index >= 15 is 0 Å². The van der Waals surface area contributed by atoms with E-state index in [1.54, 1.807) is 0 Å². The second-order valence-electron chi connectivity index (χ2n) is 6.13. The van der Waals surface area contributed by atoms with Crippen LogP contribution in [-0.2, 0) is 10.2 Å². The second kappa shape index (κ2) is 7.11. The highest BCUT2D eigenvalue weighted by Gasteiger charge is 2.15. The monoisotopic (exact) mass is 292 g/mol. The Bertz CT molecular complexity index is 489. The number of amides is 2. The van der Waals surface area contributed by atoms with Crippen molar-refractivity contribution < 1.29 is 14.7 Å². The van der Waals surface area contributed by atoms with Crippen LogP contribution in [0.15, 0.2) is 24.3 Å². The fraction of sp³-hybridized carbons (Fsp3) is 0.500. The molecule has 0 bridgehead atoms. The average molecular weight is 292 g/mol. The smallest absolute Gasteiger partial charge is 0.319 e. The van der Waals surface area contributed by atoms with E-state index in [0.29, 0.717) is 12.1 Å². The first-order chi connectivity index (χ1) is 9.72. The van der Waals surface area contributed by atoms with Crippen molar-refractivity contribution in [1.82, 2.24) is 5.32 Å². The summed E-state index contributed by atoms with van der Waals surface area (Å²) in [5.74, 6) is -0.920. The molecule has 0 saturated heterocycles. The topological polar surface area (TPSA) is 78.4 Å². The number of benzene rings is 1. The van der Waals surface area contributed by atoms with Crippen LogP contribution in [0.1, 0.15) is 46.1 Å². The Balaban J connectivity index is 2.60. The van der Waals surface area contributed by atoms with Crippen molar-refractivity contribution in [3.63, 3.8) is 0 Å². The van der Waals surface area contributed by atoms with E-state index in [2.05, 4.69) is 31.4 Å². The third-order valence-electron chi connectivity index (χ3n) is 3.26. The van der Waals surface area contributed by atoms with Crippen molar-refractivity contribution in [2.24, 2.45) is 0 Å². The number of hydrogen-bond acceptors (Lipinski definition) is 2. The molecule has 0 aliphatic heterocycles. The summed E-state index contributed by atoms with van der Waals surface area (Å²) < 4.78 is 0. The number of aliphatic carboxylic acids is 1. The molecule has 0 radical (unpaired) electrons. The minimum Gasteiger partial charge on any atom is -0.481 e. The molecule has 21 heavy (non-hydrogen) atoms. The second-order valence-corrected chi connectivity index (χ2v) is 6.13. The Kier molecular flexibility index (Phi) is 5.76. The molecule has 0 spiro atoms. The lowest BCUT2D eigenvalue weighted by atomic mass is 9.87. The molecule has 2 amide bonds. The average Bonchev–Trinajstić information content (AvgIpc) is 2.36. The Labute approximate surface area is 125 Å². The molecule has 0 heterocycles. The van der Waals surface area contributed by atoms with Crippen LogP contribution in [0.4, 0.5) is 10.5 Å². The van der Waals surface area contributed by atoms with E-state index in [0.717, 1.165) is 0 Å². The Morgan fingerprint density at radius 2 is 1.76 bits per heavy atom. The highest BCUT2D eigenvalue weighted by molar-refractivity contribution is 5.89. The van der Waals surface area contributed by atoms with Crippen LogP contribution in [0.2, 0.25) is 0 Å². The zero-order valence-corrected chi connectivity index (χ0v) is 13.1. The molecule has 5 nitrogen and oxygen atoms in total. The molecular formula is C16H24N2O3. The van der Waals surface area contributed by atoms with Crippen molar-refractivity contribution >= 4 is 17.7 Å². The van der Waals surface area contributed by atoms with Crippen LogP contribution in [-0.4, -0.2) is 23.1 Å². The standard InChI is InChI=1S/C16H24N2O3/c1-5-12(10-14(19)20)17-15(21)18-13-8-6-11(7-9-13)16(2,3)4/h6-9,12H,5,10H2,1-4H3,(H,19,20)(H2,17,18,21). The Morgan fingerprint density at radius 3 is 2.19 bits per heavy atom. The van der Waals surface area contributed by atoms with Crippen molar-refractivity contribution in [3.05, 3.63) is 29.8 Å². The normalized spacial score (nSPS) is 12.6. The maximum absolute atomic E-state index is 11.8. The number of carbonyl (C=O) groups is 2. The first kappa shape index (κ1) is 17.0. The number of carboxylic acid groups (broad SMARTS) is 1.